The standard InChI is InChI=1S/C19H28N2O5/c1-13(18(25)26-19(2,3)4)21-17(24)15(10-11-16(22)23)20-12-14-8-6-5-7-9-14/h5-9,13,15,20H,10-12H2,1-4H3,(H,21,24)(H,22,23)/t13-,15-/m0/s1. The van der Waals surface area contributed by atoms with Crippen molar-refractivity contribution in [2.75, 3.05) is 0 Å². The van der Waals surface area contributed by atoms with Crippen LogP contribution in [0.15, 0.2) is 30.3 Å². The molecule has 2 atom stereocenters. The van der Waals surface area contributed by atoms with E-state index in [9.17, 15) is 14.4 Å². The molecule has 1 aromatic rings. The molecular formula is C19H28N2O5. The number of rotatable bonds is 9. The van der Waals surface area contributed by atoms with Gasteiger partial charge in [-0.2, -0.15) is 0 Å². The zero-order valence-corrected chi connectivity index (χ0v) is 15.7. The summed E-state index contributed by atoms with van der Waals surface area (Å²) in [4.78, 5) is 35.3. The van der Waals surface area contributed by atoms with Crippen LogP contribution >= 0.6 is 0 Å². The van der Waals surface area contributed by atoms with Gasteiger partial charge in [-0.25, -0.2) is 4.79 Å². The highest BCUT2D eigenvalue weighted by molar-refractivity contribution is 5.87. The number of hydrogen-bond donors (Lipinski definition) is 3. The van der Waals surface area contributed by atoms with Crippen LogP contribution in [0.4, 0.5) is 0 Å². The topological polar surface area (TPSA) is 105 Å². The lowest BCUT2D eigenvalue weighted by Crippen LogP contribution is -2.50. The maximum absolute atomic E-state index is 12.5. The van der Waals surface area contributed by atoms with Crippen LogP contribution in [0, 0.1) is 0 Å². The first-order chi connectivity index (χ1) is 12.1. The molecule has 0 fully saturated rings. The minimum atomic E-state index is -0.982. The number of aliphatic carboxylic acids is 1. The maximum atomic E-state index is 12.5. The van der Waals surface area contributed by atoms with E-state index in [0.717, 1.165) is 5.56 Å². The van der Waals surface area contributed by atoms with Gasteiger partial charge in [0.1, 0.15) is 11.6 Å². The Morgan fingerprint density at radius 2 is 1.77 bits per heavy atom. The fraction of sp³-hybridized carbons (Fsp3) is 0.526. The fourth-order valence-electron chi connectivity index (χ4n) is 2.19. The molecule has 0 saturated carbocycles. The summed E-state index contributed by atoms with van der Waals surface area (Å²) in [6.45, 7) is 7.19. The number of hydrogen-bond acceptors (Lipinski definition) is 5. The number of amides is 1. The lowest BCUT2D eigenvalue weighted by Gasteiger charge is -2.24. The number of esters is 1. The summed E-state index contributed by atoms with van der Waals surface area (Å²) in [6, 6.07) is 7.91. The summed E-state index contributed by atoms with van der Waals surface area (Å²) in [5, 5.41) is 14.5. The van der Waals surface area contributed by atoms with Crippen molar-refractivity contribution in [3.05, 3.63) is 35.9 Å². The predicted molar refractivity (Wildman–Crippen MR) is 97.4 cm³/mol. The average Bonchev–Trinajstić information content (AvgIpc) is 2.53. The molecule has 7 heteroatoms. The average molecular weight is 364 g/mol. The lowest BCUT2D eigenvalue weighted by atomic mass is 10.1. The van der Waals surface area contributed by atoms with Crippen LogP contribution in [0.5, 0.6) is 0 Å². The van der Waals surface area contributed by atoms with Gasteiger partial charge in [-0.05, 0) is 39.7 Å². The number of carboxylic acid groups (broad SMARTS) is 1. The Balaban J connectivity index is 2.67. The first-order valence-corrected chi connectivity index (χ1v) is 8.61. The molecule has 0 bridgehead atoms. The van der Waals surface area contributed by atoms with Crippen molar-refractivity contribution in [3.8, 4) is 0 Å². The smallest absolute Gasteiger partial charge is 0.328 e. The van der Waals surface area contributed by atoms with E-state index in [1.165, 1.54) is 6.92 Å². The zero-order valence-electron chi connectivity index (χ0n) is 15.7. The number of carbonyl (C=O) groups is 3. The monoisotopic (exact) mass is 364 g/mol. The Hall–Kier alpha value is -2.41. The van der Waals surface area contributed by atoms with Gasteiger partial charge in [-0.3, -0.25) is 9.59 Å². The van der Waals surface area contributed by atoms with Gasteiger partial charge in [0.15, 0.2) is 0 Å². The minimum absolute atomic E-state index is 0.120. The van der Waals surface area contributed by atoms with Crippen molar-refractivity contribution in [2.45, 2.75) is 64.8 Å². The quantitative estimate of drug-likeness (QED) is 0.578. The van der Waals surface area contributed by atoms with Gasteiger partial charge >= 0.3 is 11.9 Å². The molecule has 1 aromatic carbocycles. The molecule has 3 N–H and O–H groups in total. The molecule has 0 aliphatic rings. The molecule has 0 spiro atoms. The first kappa shape index (κ1) is 21.6. The summed E-state index contributed by atoms with van der Waals surface area (Å²) in [5.74, 6) is -1.95. The van der Waals surface area contributed by atoms with Crippen LogP contribution in [-0.2, 0) is 25.7 Å². The predicted octanol–water partition coefficient (Wildman–Crippen LogP) is 1.86. The molecule has 0 aliphatic heterocycles. The van der Waals surface area contributed by atoms with Crippen molar-refractivity contribution >= 4 is 17.8 Å². The summed E-state index contributed by atoms with van der Waals surface area (Å²) in [6.07, 6.45) is -0.0320. The maximum Gasteiger partial charge on any atom is 0.328 e. The highest BCUT2D eigenvalue weighted by Gasteiger charge is 2.26. The number of carboxylic acids is 1. The second-order valence-electron chi connectivity index (χ2n) is 7.12. The SMILES string of the molecule is C[C@H](NC(=O)[C@H](CCC(=O)O)NCc1ccccc1)C(=O)OC(C)(C)C. The molecular weight excluding hydrogens is 336 g/mol. The second-order valence-corrected chi connectivity index (χ2v) is 7.12. The van der Waals surface area contributed by atoms with Crippen LogP contribution < -0.4 is 10.6 Å². The van der Waals surface area contributed by atoms with Gasteiger partial charge in [0.2, 0.25) is 5.91 Å². The van der Waals surface area contributed by atoms with Gasteiger partial charge in [0.25, 0.3) is 0 Å². The summed E-state index contributed by atoms with van der Waals surface area (Å²) < 4.78 is 5.24. The molecule has 0 aromatic heterocycles. The molecule has 26 heavy (non-hydrogen) atoms. The third-order valence-electron chi connectivity index (χ3n) is 3.48. The molecule has 0 heterocycles. The molecule has 1 rings (SSSR count). The number of nitrogens with one attached hydrogen (secondary N) is 2. The van der Waals surface area contributed by atoms with Gasteiger partial charge in [-0.15, -0.1) is 0 Å². The van der Waals surface area contributed by atoms with Gasteiger partial charge in [0.05, 0.1) is 6.04 Å². The number of benzene rings is 1. The molecule has 0 aliphatic carbocycles. The van der Waals surface area contributed by atoms with Crippen LogP contribution in [0.25, 0.3) is 0 Å². The van der Waals surface area contributed by atoms with E-state index in [1.54, 1.807) is 20.8 Å². The van der Waals surface area contributed by atoms with Gasteiger partial charge in [-0.1, -0.05) is 30.3 Å². The highest BCUT2D eigenvalue weighted by Crippen LogP contribution is 2.09. The van der Waals surface area contributed by atoms with Gasteiger partial charge < -0.3 is 20.5 Å². The van der Waals surface area contributed by atoms with E-state index in [0.29, 0.717) is 6.54 Å². The van der Waals surface area contributed by atoms with Crippen molar-refractivity contribution in [1.29, 1.82) is 0 Å². The second kappa shape index (κ2) is 9.91. The van der Waals surface area contributed by atoms with E-state index in [-0.39, 0.29) is 12.8 Å². The summed E-state index contributed by atoms with van der Waals surface area (Å²) in [7, 11) is 0. The Kier molecular flexibility index (Phi) is 8.25. The molecule has 7 nitrogen and oxygen atoms in total. The molecule has 0 unspecified atom stereocenters. The van der Waals surface area contributed by atoms with Crippen LogP contribution in [0.2, 0.25) is 0 Å². The van der Waals surface area contributed by atoms with Gasteiger partial charge in [0, 0.05) is 13.0 Å². The van der Waals surface area contributed by atoms with E-state index < -0.39 is 35.5 Å². The van der Waals surface area contributed by atoms with E-state index in [4.69, 9.17) is 9.84 Å². The summed E-state index contributed by atoms with van der Waals surface area (Å²) >= 11 is 0. The van der Waals surface area contributed by atoms with Crippen LogP contribution in [0.3, 0.4) is 0 Å². The molecule has 0 saturated heterocycles. The van der Waals surface area contributed by atoms with E-state index in [1.807, 2.05) is 30.3 Å². The third kappa shape index (κ3) is 8.62. The Labute approximate surface area is 154 Å². The van der Waals surface area contributed by atoms with Crippen LogP contribution in [0.1, 0.15) is 46.1 Å². The Morgan fingerprint density at radius 1 is 1.15 bits per heavy atom. The fourth-order valence-corrected chi connectivity index (χ4v) is 2.19. The zero-order chi connectivity index (χ0) is 19.7. The van der Waals surface area contributed by atoms with Crippen LogP contribution in [-0.4, -0.2) is 40.6 Å². The first-order valence-electron chi connectivity index (χ1n) is 8.61. The van der Waals surface area contributed by atoms with E-state index in [2.05, 4.69) is 10.6 Å². The normalized spacial score (nSPS) is 13.5. The lowest BCUT2D eigenvalue weighted by molar-refractivity contribution is -0.158. The van der Waals surface area contributed by atoms with E-state index >= 15 is 0 Å². The summed E-state index contributed by atoms with van der Waals surface area (Å²) in [5.41, 5.74) is 0.325. The molecule has 0 radical (unpaired) electrons. The minimum Gasteiger partial charge on any atom is -0.481 e. The van der Waals surface area contributed by atoms with Crippen molar-refractivity contribution < 1.29 is 24.2 Å². The van der Waals surface area contributed by atoms with Crippen molar-refractivity contribution in [2.24, 2.45) is 0 Å². The molecule has 144 valence electrons. The Morgan fingerprint density at radius 3 is 2.31 bits per heavy atom. The largest absolute Gasteiger partial charge is 0.481 e. The molecule has 1 amide bonds. The third-order valence-corrected chi connectivity index (χ3v) is 3.48. The number of carbonyl (C=O) groups excluding carboxylic acids is 2. The highest BCUT2D eigenvalue weighted by atomic mass is 16.6. The number of ether oxygens (including phenoxy) is 1. The Bertz CT molecular complexity index is 610. The van der Waals surface area contributed by atoms with Crippen molar-refractivity contribution in [1.82, 2.24) is 10.6 Å². The van der Waals surface area contributed by atoms with Crippen molar-refractivity contribution in [3.63, 3.8) is 0 Å².